The summed E-state index contributed by atoms with van der Waals surface area (Å²) in [5.41, 5.74) is 2.78. The molecule has 0 aliphatic carbocycles. The van der Waals surface area contributed by atoms with Crippen LogP contribution in [0.4, 0.5) is 26.7 Å². The van der Waals surface area contributed by atoms with Crippen LogP contribution in [0.5, 0.6) is 5.75 Å². The number of carbonyl (C=O) groups excluding carboxylic acids is 2. The number of nitrogens with zero attached hydrogens (tertiary/aromatic N) is 5. The first-order valence-electron chi connectivity index (χ1n) is 20.9. The van der Waals surface area contributed by atoms with E-state index in [0.717, 1.165) is 24.1 Å². The summed E-state index contributed by atoms with van der Waals surface area (Å²) in [5, 5.41) is 14.3. The van der Waals surface area contributed by atoms with E-state index in [9.17, 15) is 36.5 Å². The molecule has 8 rings (SSSR count). The van der Waals surface area contributed by atoms with Gasteiger partial charge in [0.2, 0.25) is 0 Å². The summed E-state index contributed by atoms with van der Waals surface area (Å²) in [6.07, 6.45) is 6.65. The van der Waals surface area contributed by atoms with Crippen LogP contribution in [-0.4, -0.2) is 75.4 Å². The predicted molar refractivity (Wildman–Crippen MR) is 253 cm³/mol. The molecule has 2 atom stereocenters. The number of anilines is 2. The van der Waals surface area contributed by atoms with E-state index in [-0.39, 0.29) is 35.9 Å². The number of aryl methyl sites for hydroxylation is 3. The van der Waals surface area contributed by atoms with E-state index in [4.69, 9.17) is 37.4 Å². The number of sulfonamides is 2. The number of carbonyl (C=O) groups is 2. The summed E-state index contributed by atoms with van der Waals surface area (Å²) in [6.45, 7) is 0.881. The SMILES string of the molecule is O=C(NCCCn1ccnc1)OCC1CCc2ccccc2N1S(=O)(=O)c1ccc(Cl)cc1.O=C(OCC1CCc2ccccc2N1S(=O)(=O)c1ccc(Cl)cc1)Oc1ccc([N+](=O)[O-])cc1.[HH]. The largest absolute Gasteiger partial charge is 0.513 e. The maximum atomic E-state index is 13.6. The van der Waals surface area contributed by atoms with Crippen LogP contribution < -0.4 is 18.7 Å². The van der Waals surface area contributed by atoms with Crippen LogP contribution in [0, 0.1) is 10.1 Å². The van der Waals surface area contributed by atoms with Crippen molar-refractivity contribution in [3.8, 4) is 5.75 Å². The Balaban J connectivity index is 0.000000221. The Morgan fingerprint density at radius 2 is 1.24 bits per heavy atom. The predicted octanol–water partition coefficient (Wildman–Crippen LogP) is 9.08. The van der Waals surface area contributed by atoms with Gasteiger partial charge in [-0.2, -0.15) is 0 Å². The van der Waals surface area contributed by atoms with Gasteiger partial charge < -0.3 is 24.1 Å². The molecule has 0 bridgehead atoms. The molecule has 0 radical (unpaired) electrons. The highest BCUT2D eigenvalue weighted by molar-refractivity contribution is 7.93. The number of benzene rings is 5. The first-order valence-corrected chi connectivity index (χ1v) is 24.6. The normalized spacial score (nSPS) is 15.5. The zero-order chi connectivity index (χ0) is 47.6. The molecule has 352 valence electrons. The molecule has 17 nitrogen and oxygen atoms in total. The van der Waals surface area contributed by atoms with Crippen molar-refractivity contribution in [3.05, 3.63) is 171 Å². The van der Waals surface area contributed by atoms with Gasteiger partial charge in [0.1, 0.15) is 19.0 Å². The number of rotatable bonds is 14. The van der Waals surface area contributed by atoms with Crippen molar-refractivity contribution >= 4 is 72.6 Å². The van der Waals surface area contributed by atoms with E-state index in [1.165, 1.54) is 69.3 Å². The van der Waals surface area contributed by atoms with E-state index in [2.05, 4.69) is 10.3 Å². The number of imidazole rings is 1. The highest BCUT2D eigenvalue weighted by atomic mass is 35.5. The average molecular weight is 994 g/mol. The molecule has 0 saturated heterocycles. The number of amides is 1. The van der Waals surface area contributed by atoms with Crippen LogP contribution in [0.25, 0.3) is 0 Å². The Bertz CT molecular complexity index is 2900. The molecule has 0 saturated carbocycles. The fraction of sp³-hybridized carbons (Fsp3) is 0.239. The smallest absolute Gasteiger partial charge is 0.447 e. The zero-order valence-electron chi connectivity index (χ0n) is 35.6. The lowest BCUT2D eigenvalue weighted by molar-refractivity contribution is -0.384. The standard InChI is InChI=1S/C23H25ClN4O4S.C23H19ClN2O7S.H2/c24-19-7-10-21(11-8-19)33(30,31)28-20(9-6-18-4-1-2-5-22(18)28)16-32-23(29)26-12-3-14-27-15-13-25-17-27;24-17-6-13-21(14-7-17)34(30,31)25-19(8-5-16-3-1-2-4-22(16)25)15-32-23(27)33-20-11-9-18(10-12-20)26(28)29;/h1-2,4-5,7-8,10-11,13,15,17,20H,3,6,9,12,14,16H2,(H,26,29);1-4,6-7,9-14,19H,5,8,15H2;1H. The molecule has 2 unspecified atom stereocenters. The Morgan fingerprint density at radius 1 is 0.731 bits per heavy atom. The van der Waals surface area contributed by atoms with Gasteiger partial charge in [-0.15, -0.1) is 0 Å². The van der Waals surface area contributed by atoms with Gasteiger partial charge in [0.15, 0.2) is 0 Å². The van der Waals surface area contributed by atoms with Crippen LogP contribution in [0.1, 0.15) is 31.8 Å². The van der Waals surface area contributed by atoms with Gasteiger partial charge in [-0.05, 0) is 116 Å². The number of nitro benzene ring substituents is 1. The number of aromatic nitrogens is 2. The lowest BCUT2D eigenvalue weighted by Crippen LogP contribution is -2.47. The second-order valence-electron chi connectivity index (χ2n) is 15.2. The molecule has 2 aliphatic heterocycles. The Kier molecular flexibility index (Phi) is 15.7. The number of nitrogens with one attached hydrogen (secondary N) is 1. The zero-order valence-corrected chi connectivity index (χ0v) is 38.7. The maximum absolute atomic E-state index is 13.6. The molecule has 1 aromatic heterocycles. The van der Waals surface area contributed by atoms with Crippen molar-refractivity contribution in [1.29, 1.82) is 0 Å². The number of halogens is 2. The molecule has 1 amide bonds. The molecule has 67 heavy (non-hydrogen) atoms. The molecule has 0 fully saturated rings. The van der Waals surface area contributed by atoms with Crippen LogP contribution >= 0.6 is 23.2 Å². The molecule has 3 heterocycles. The molecule has 21 heteroatoms. The molecular formula is C46H46Cl2N6O11S2. The minimum absolute atomic E-state index is 0. The highest BCUT2D eigenvalue weighted by Gasteiger charge is 2.38. The summed E-state index contributed by atoms with van der Waals surface area (Å²) >= 11 is 11.9. The number of ether oxygens (including phenoxy) is 3. The van der Waals surface area contributed by atoms with Crippen molar-refractivity contribution in [2.45, 2.75) is 60.5 Å². The summed E-state index contributed by atoms with van der Waals surface area (Å²) in [5.74, 6) is 0.0650. The fourth-order valence-electron chi connectivity index (χ4n) is 7.56. The number of alkyl carbamates (subject to hydrolysis) is 1. The van der Waals surface area contributed by atoms with E-state index < -0.39 is 49.3 Å². The highest BCUT2D eigenvalue weighted by Crippen LogP contribution is 2.37. The lowest BCUT2D eigenvalue weighted by atomic mass is 9.98. The van der Waals surface area contributed by atoms with Crippen molar-refractivity contribution in [3.63, 3.8) is 0 Å². The Morgan fingerprint density at radius 3 is 1.73 bits per heavy atom. The van der Waals surface area contributed by atoms with Gasteiger partial charge in [-0.1, -0.05) is 59.6 Å². The van der Waals surface area contributed by atoms with Gasteiger partial charge in [-0.25, -0.2) is 31.4 Å². The van der Waals surface area contributed by atoms with Crippen molar-refractivity contribution < 1.29 is 47.0 Å². The number of nitro groups is 1. The summed E-state index contributed by atoms with van der Waals surface area (Å²) in [4.78, 5) is 38.8. The number of fused-ring (bicyclic) bond motifs is 2. The quantitative estimate of drug-likeness (QED) is 0.0356. The van der Waals surface area contributed by atoms with Gasteiger partial charge in [0, 0.05) is 49.1 Å². The third kappa shape index (κ3) is 12.0. The monoisotopic (exact) mass is 992 g/mol. The number of para-hydroxylation sites is 2. The van der Waals surface area contributed by atoms with Crippen LogP contribution in [0.3, 0.4) is 0 Å². The first kappa shape index (κ1) is 48.3. The van der Waals surface area contributed by atoms with Crippen molar-refractivity contribution in [2.24, 2.45) is 0 Å². The lowest BCUT2D eigenvalue weighted by Gasteiger charge is -2.37. The van der Waals surface area contributed by atoms with E-state index in [1.807, 2.05) is 35.0 Å². The number of hydrogen-bond donors (Lipinski definition) is 1. The van der Waals surface area contributed by atoms with Gasteiger partial charge >= 0.3 is 12.2 Å². The van der Waals surface area contributed by atoms with Crippen LogP contribution in [0.2, 0.25) is 10.0 Å². The minimum Gasteiger partial charge on any atom is -0.447 e. The molecule has 0 spiro atoms. The molecule has 5 aromatic carbocycles. The van der Waals surface area contributed by atoms with E-state index in [1.54, 1.807) is 48.9 Å². The maximum Gasteiger partial charge on any atom is 0.513 e. The van der Waals surface area contributed by atoms with Gasteiger partial charge in [0.05, 0.1) is 44.5 Å². The van der Waals surface area contributed by atoms with Crippen LogP contribution in [0.15, 0.2) is 150 Å². The second kappa shape index (κ2) is 21.8. The minimum atomic E-state index is -3.98. The molecular weight excluding hydrogens is 948 g/mol. The van der Waals surface area contributed by atoms with Crippen molar-refractivity contribution in [1.82, 2.24) is 14.9 Å². The van der Waals surface area contributed by atoms with Gasteiger partial charge in [-0.3, -0.25) is 18.7 Å². The molecule has 1 N–H and O–H groups in total. The Labute approximate surface area is 398 Å². The summed E-state index contributed by atoms with van der Waals surface area (Å²) in [6, 6.07) is 30.2. The number of non-ortho nitro benzene ring substituents is 1. The van der Waals surface area contributed by atoms with Gasteiger partial charge in [0.25, 0.3) is 25.7 Å². The third-order valence-corrected chi connectivity index (χ3v) is 15.1. The van der Waals surface area contributed by atoms with Crippen LogP contribution in [-0.2, 0) is 48.9 Å². The van der Waals surface area contributed by atoms with E-state index in [0.29, 0.717) is 53.6 Å². The topological polar surface area (TPSA) is 210 Å². The fourth-order valence-corrected chi connectivity index (χ4v) is 11.2. The Hall–Kier alpha value is -6.67. The summed E-state index contributed by atoms with van der Waals surface area (Å²) < 4.78 is 74.5. The number of hydrogen-bond acceptors (Lipinski definition) is 12. The molecule has 6 aromatic rings. The van der Waals surface area contributed by atoms with Crippen molar-refractivity contribution in [2.75, 3.05) is 28.4 Å². The average Bonchev–Trinajstić information content (AvgIpc) is 3.85. The first-order chi connectivity index (χ1) is 32.2. The molecule has 2 aliphatic rings. The third-order valence-electron chi connectivity index (χ3n) is 10.8. The summed E-state index contributed by atoms with van der Waals surface area (Å²) in [7, 11) is -7.86. The second-order valence-corrected chi connectivity index (χ2v) is 19.7. The van der Waals surface area contributed by atoms with E-state index >= 15 is 0 Å².